The SMILES string of the molecule is N#Cc1ccc(N2CC3CCCC3C2C(=O)O)c(Br)c1. The van der Waals surface area contributed by atoms with E-state index in [-0.39, 0.29) is 5.92 Å². The zero-order valence-corrected chi connectivity index (χ0v) is 12.5. The van der Waals surface area contributed by atoms with Crippen LogP contribution in [0, 0.1) is 23.2 Å². The van der Waals surface area contributed by atoms with Crippen LogP contribution in [0.3, 0.4) is 0 Å². The summed E-state index contributed by atoms with van der Waals surface area (Å²) in [5, 5.41) is 18.5. The first-order valence-corrected chi connectivity index (χ1v) is 7.60. The maximum atomic E-state index is 11.7. The Labute approximate surface area is 126 Å². The minimum atomic E-state index is -0.740. The van der Waals surface area contributed by atoms with E-state index in [4.69, 9.17) is 5.26 Å². The quantitative estimate of drug-likeness (QED) is 0.902. The van der Waals surface area contributed by atoms with Gasteiger partial charge in [-0.05, 0) is 58.8 Å². The molecule has 104 valence electrons. The van der Waals surface area contributed by atoms with E-state index in [9.17, 15) is 9.90 Å². The molecule has 0 aromatic heterocycles. The molecule has 0 spiro atoms. The van der Waals surface area contributed by atoms with E-state index in [1.54, 1.807) is 12.1 Å². The summed E-state index contributed by atoms with van der Waals surface area (Å²) in [6.45, 7) is 0.798. The Morgan fingerprint density at radius 3 is 2.90 bits per heavy atom. The van der Waals surface area contributed by atoms with Gasteiger partial charge in [-0.3, -0.25) is 0 Å². The Morgan fingerprint density at radius 1 is 1.45 bits per heavy atom. The summed E-state index contributed by atoms with van der Waals surface area (Å²) in [7, 11) is 0. The summed E-state index contributed by atoms with van der Waals surface area (Å²) in [5.74, 6) is 0.00402. The number of benzene rings is 1. The molecule has 3 rings (SSSR count). The molecule has 5 heteroatoms. The lowest BCUT2D eigenvalue weighted by molar-refractivity contribution is -0.139. The third kappa shape index (κ3) is 2.08. The molecule has 1 saturated carbocycles. The second-order valence-electron chi connectivity index (χ2n) is 5.57. The molecule has 0 amide bonds. The molecule has 3 atom stereocenters. The molecule has 1 heterocycles. The van der Waals surface area contributed by atoms with Crippen molar-refractivity contribution >= 4 is 27.6 Å². The monoisotopic (exact) mass is 334 g/mol. The van der Waals surface area contributed by atoms with Crippen LogP contribution < -0.4 is 4.90 Å². The molecule has 1 saturated heterocycles. The second-order valence-corrected chi connectivity index (χ2v) is 6.42. The average Bonchev–Trinajstić information content (AvgIpc) is 2.97. The van der Waals surface area contributed by atoms with Crippen LogP contribution in [-0.4, -0.2) is 23.7 Å². The summed E-state index contributed by atoms with van der Waals surface area (Å²) in [4.78, 5) is 13.6. The number of hydrogen-bond donors (Lipinski definition) is 1. The van der Waals surface area contributed by atoms with Gasteiger partial charge in [-0.1, -0.05) is 6.42 Å². The number of halogens is 1. The minimum absolute atomic E-state index is 0.259. The van der Waals surface area contributed by atoms with Gasteiger partial charge in [0.1, 0.15) is 6.04 Å². The van der Waals surface area contributed by atoms with Crippen LogP contribution in [0.25, 0.3) is 0 Å². The van der Waals surface area contributed by atoms with Crippen LogP contribution in [0.15, 0.2) is 22.7 Å². The van der Waals surface area contributed by atoms with Gasteiger partial charge in [-0.15, -0.1) is 0 Å². The molecule has 0 radical (unpaired) electrons. The van der Waals surface area contributed by atoms with Gasteiger partial charge in [-0.2, -0.15) is 5.26 Å². The normalized spacial score (nSPS) is 28.2. The Hall–Kier alpha value is -1.54. The molecule has 1 aliphatic heterocycles. The third-order valence-electron chi connectivity index (χ3n) is 4.53. The number of carboxylic acids is 1. The first-order chi connectivity index (χ1) is 9.61. The first kappa shape index (κ1) is 13.4. The van der Waals surface area contributed by atoms with E-state index >= 15 is 0 Å². The molecular weight excluding hydrogens is 320 g/mol. The molecular formula is C15H15BrN2O2. The van der Waals surface area contributed by atoms with E-state index in [0.29, 0.717) is 11.5 Å². The standard InChI is InChI=1S/C15H15BrN2O2/c16-12-6-9(7-17)4-5-13(12)18-8-10-2-1-3-11(10)14(18)15(19)20/h4-6,10-11,14H,1-3,8H2,(H,19,20). The molecule has 0 bridgehead atoms. The molecule has 1 N–H and O–H groups in total. The zero-order chi connectivity index (χ0) is 14.3. The number of hydrogen-bond acceptors (Lipinski definition) is 3. The Bertz CT molecular complexity index is 596. The van der Waals surface area contributed by atoms with Crippen LogP contribution in [-0.2, 0) is 4.79 Å². The number of fused-ring (bicyclic) bond motifs is 1. The maximum absolute atomic E-state index is 11.7. The summed E-state index contributed by atoms with van der Waals surface area (Å²) in [6.07, 6.45) is 3.27. The minimum Gasteiger partial charge on any atom is -0.480 e. The van der Waals surface area contributed by atoms with Crippen molar-refractivity contribution in [3.05, 3.63) is 28.2 Å². The van der Waals surface area contributed by atoms with Gasteiger partial charge < -0.3 is 10.0 Å². The Morgan fingerprint density at radius 2 is 2.25 bits per heavy atom. The van der Waals surface area contributed by atoms with Crippen LogP contribution >= 0.6 is 15.9 Å². The van der Waals surface area contributed by atoms with Gasteiger partial charge in [0.2, 0.25) is 0 Å². The van der Waals surface area contributed by atoms with Crippen molar-refractivity contribution < 1.29 is 9.90 Å². The van der Waals surface area contributed by atoms with Crippen molar-refractivity contribution in [1.29, 1.82) is 5.26 Å². The molecule has 1 aromatic carbocycles. The summed E-state index contributed by atoms with van der Waals surface area (Å²) >= 11 is 3.47. The highest BCUT2D eigenvalue weighted by molar-refractivity contribution is 9.10. The van der Waals surface area contributed by atoms with Crippen molar-refractivity contribution in [2.45, 2.75) is 25.3 Å². The van der Waals surface area contributed by atoms with E-state index in [1.807, 2.05) is 11.0 Å². The predicted octanol–water partition coefficient (Wildman–Crippen LogP) is 3.01. The van der Waals surface area contributed by atoms with Gasteiger partial charge in [0, 0.05) is 11.0 Å². The Balaban J connectivity index is 1.97. The number of aliphatic carboxylic acids is 1. The molecule has 4 nitrogen and oxygen atoms in total. The van der Waals surface area contributed by atoms with E-state index in [1.165, 1.54) is 0 Å². The molecule has 1 aromatic rings. The van der Waals surface area contributed by atoms with E-state index in [0.717, 1.165) is 36.0 Å². The average molecular weight is 335 g/mol. The molecule has 20 heavy (non-hydrogen) atoms. The third-order valence-corrected chi connectivity index (χ3v) is 5.16. The van der Waals surface area contributed by atoms with Crippen molar-refractivity contribution in [1.82, 2.24) is 0 Å². The van der Waals surface area contributed by atoms with E-state index < -0.39 is 12.0 Å². The van der Waals surface area contributed by atoms with Crippen molar-refractivity contribution in [3.63, 3.8) is 0 Å². The van der Waals surface area contributed by atoms with Gasteiger partial charge in [0.25, 0.3) is 0 Å². The number of anilines is 1. The lowest BCUT2D eigenvalue weighted by Gasteiger charge is -2.27. The summed E-state index contributed by atoms with van der Waals surface area (Å²) in [6, 6.07) is 7.00. The first-order valence-electron chi connectivity index (χ1n) is 6.81. The van der Waals surface area contributed by atoms with E-state index in [2.05, 4.69) is 22.0 Å². The number of nitrogens with zero attached hydrogens (tertiary/aromatic N) is 2. The molecule has 2 fully saturated rings. The van der Waals surface area contributed by atoms with Crippen molar-refractivity contribution in [2.75, 3.05) is 11.4 Å². The Kier molecular flexibility index (Phi) is 3.43. The topological polar surface area (TPSA) is 64.3 Å². The fourth-order valence-corrected chi connectivity index (χ4v) is 4.29. The molecule has 2 aliphatic rings. The van der Waals surface area contributed by atoms with Crippen LogP contribution in [0.2, 0.25) is 0 Å². The van der Waals surface area contributed by atoms with Crippen molar-refractivity contribution in [2.24, 2.45) is 11.8 Å². The number of carbonyl (C=O) groups is 1. The zero-order valence-electron chi connectivity index (χ0n) is 10.9. The predicted molar refractivity (Wildman–Crippen MR) is 78.5 cm³/mol. The lowest BCUT2D eigenvalue weighted by Crippen LogP contribution is -2.39. The summed E-state index contributed by atoms with van der Waals surface area (Å²) < 4.78 is 0.794. The molecule has 1 aliphatic carbocycles. The van der Waals surface area contributed by atoms with Gasteiger partial charge in [0.15, 0.2) is 0 Å². The number of carboxylic acid groups (broad SMARTS) is 1. The highest BCUT2D eigenvalue weighted by atomic mass is 79.9. The highest BCUT2D eigenvalue weighted by Crippen LogP contribution is 2.45. The van der Waals surface area contributed by atoms with Gasteiger partial charge in [0.05, 0.1) is 17.3 Å². The van der Waals surface area contributed by atoms with Crippen LogP contribution in [0.5, 0.6) is 0 Å². The van der Waals surface area contributed by atoms with Crippen LogP contribution in [0.1, 0.15) is 24.8 Å². The fourth-order valence-electron chi connectivity index (χ4n) is 3.68. The maximum Gasteiger partial charge on any atom is 0.326 e. The van der Waals surface area contributed by atoms with Gasteiger partial charge in [-0.25, -0.2) is 4.79 Å². The second kappa shape index (κ2) is 5.10. The van der Waals surface area contributed by atoms with Crippen LogP contribution in [0.4, 0.5) is 5.69 Å². The highest BCUT2D eigenvalue weighted by Gasteiger charge is 2.48. The molecule has 3 unspecified atom stereocenters. The smallest absolute Gasteiger partial charge is 0.326 e. The van der Waals surface area contributed by atoms with Gasteiger partial charge >= 0.3 is 5.97 Å². The van der Waals surface area contributed by atoms with Crippen molar-refractivity contribution in [3.8, 4) is 6.07 Å². The fraction of sp³-hybridized carbons (Fsp3) is 0.467. The summed E-state index contributed by atoms with van der Waals surface area (Å²) in [5.41, 5.74) is 1.46. The number of rotatable bonds is 2. The number of nitriles is 1. The largest absolute Gasteiger partial charge is 0.480 e. The lowest BCUT2D eigenvalue weighted by atomic mass is 9.94.